The summed E-state index contributed by atoms with van der Waals surface area (Å²) < 4.78 is 20.8. The van der Waals surface area contributed by atoms with Gasteiger partial charge in [-0.05, 0) is 83.6 Å². The highest BCUT2D eigenvalue weighted by atomic mass is 19.1. The molecule has 0 aliphatic heterocycles. The van der Waals surface area contributed by atoms with Gasteiger partial charge in [-0.1, -0.05) is 30.7 Å². The third-order valence-corrected chi connectivity index (χ3v) is 6.61. The number of aromatic amines is 1. The van der Waals surface area contributed by atoms with Crippen LogP contribution in [0.2, 0.25) is 0 Å². The van der Waals surface area contributed by atoms with E-state index in [4.69, 9.17) is 4.42 Å². The third-order valence-electron chi connectivity index (χ3n) is 6.61. The number of hydrogen-bond acceptors (Lipinski definition) is 6. The fourth-order valence-electron chi connectivity index (χ4n) is 4.88. The molecule has 2 aromatic carbocycles. The second-order valence-electron chi connectivity index (χ2n) is 9.40. The van der Waals surface area contributed by atoms with E-state index in [0.717, 1.165) is 33.4 Å². The van der Waals surface area contributed by atoms with E-state index in [2.05, 4.69) is 51.4 Å². The van der Waals surface area contributed by atoms with Crippen molar-refractivity contribution in [3.63, 3.8) is 0 Å². The van der Waals surface area contributed by atoms with Gasteiger partial charge in [-0.25, -0.2) is 9.07 Å². The summed E-state index contributed by atoms with van der Waals surface area (Å²) in [6.07, 6.45) is 2.34. The van der Waals surface area contributed by atoms with Crippen LogP contribution in [0.5, 0.6) is 0 Å². The minimum absolute atomic E-state index is 0.121. The Bertz CT molecular complexity index is 1560. The lowest BCUT2D eigenvalue weighted by Gasteiger charge is -2.29. The maximum absolute atomic E-state index is 13.4. The number of rotatable bonds is 9. The third kappa shape index (κ3) is 5.36. The van der Waals surface area contributed by atoms with E-state index in [-0.39, 0.29) is 17.4 Å². The van der Waals surface area contributed by atoms with Gasteiger partial charge in [0.25, 0.3) is 5.56 Å². The van der Waals surface area contributed by atoms with Gasteiger partial charge >= 0.3 is 0 Å². The molecular formula is C28H29FN6O2. The molecule has 0 bridgehead atoms. The zero-order valence-corrected chi connectivity index (χ0v) is 21.1. The Kier molecular flexibility index (Phi) is 6.96. The zero-order chi connectivity index (χ0) is 25.9. The summed E-state index contributed by atoms with van der Waals surface area (Å²) in [6.45, 7) is 7.37. The van der Waals surface area contributed by atoms with Crippen LogP contribution >= 0.6 is 0 Å². The summed E-state index contributed by atoms with van der Waals surface area (Å²) in [7, 11) is 0. The molecule has 0 saturated carbocycles. The molecule has 37 heavy (non-hydrogen) atoms. The monoisotopic (exact) mass is 500 g/mol. The van der Waals surface area contributed by atoms with Crippen molar-refractivity contribution in [3.8, 4) is 0 Å². The summed E-state index contributed by atoms with van der Waals surface area (Å²) >= 11 is 0. The highest BCUT2D eigenvalue weighted by molar-refractivity contribution is 5.82. The first-order chi connectivity index (χ1) is 17.9. The fraction of sp³-hybridized carbons (Fsp3) is 0.286. The van der Waals surface area contributed by atoms with E-state index in [9.17, 15) is 9.18 Å². The van der Waals surface area contributed by atoms with Crippen molar-refractivity contribution in [2.24, 2.45) is 0 Å². The van der Waals surface area contributed by atoms with Crippen LogP contribution in [0.25, 0.3) is 10.9 Å². The molecule has 0 saturated heterocycles. The minimum atomic E-state index is -0.289. The number of hydrogen-bond donors (Lipinski definition) is 1. The van der Waals surface area contributed by atoms with Crippen molar-refractivity contribution in [1.29, 1.82) is 0 Å². The largest absolute Gasteiger partial charge is 0.468 e. The maximum Gasteiger partial charge on any atom is 0.252 e. The predicted octanol–water partition coefficient (Wildman–Crippen LogP) is 5.07. The SMILES string of the molecule is CCC(c1nnnn1Cc1ccc(F)cc1)N(Cc1ccco1)Cc1cc2cc(C)cc(C)c2[nH]c1=O. The Morgan fingerprint density at radius 3 is 2.65 bits per heavy atom. The Morgan fingerprint density at radius 1 is 1.11 bits per heavy atom. The number of furan rings is 1. The van der Waals surface area contributed by atoms with Gasteiger partial charge < -0.3 is 9.40 Å². The van der Waals surface area contributed by atoms with Crippen LogP contribution in [0.1, 0.15) is 53.2 Å². The average Bonchev–Trinajstić information content (AvgIpc) is 3.55. The summed E-state index contributed by atoms with van der Waals surface area (Å²) in [5.41, 5.74) is 4.45. The number of benzene rings is 2. The van der Waals surface area contributed by atoms with Crippen LogP contribution in [-0.2, 0) is 19.6 Å². The molecule has 0 spiro atoms. The first-order valence-corrected chi connectivity index (χ1v) is 12.3. The smallest absolute Gasteiger partial charge is 0.252 e. The molecule has 1 unspecified atom stereocenters. The number of nitrogens with zero attached hydrogens (tertiary/aromatic N) is 5. The maximum atomic E-state index is 13.4. The molecule has 5 rings (SSSR count). The van der Waals surface area contributed by atoms with Crippen molar-refractivity contribution < 1.29 is 8.81 Å². The van der Waals surface area contributed by atoms with E-state index in [0.29, 0.717) is 37.4 Å². The van der Waals surface area contributed by atoms with Gasteiger partial charge in [0.2, 0.25) is 0 Å². The van der Waals surface area contributed by atoms with Gasteiger partial charge in [-0.2, -0.15) is 0 Å². The zero-order valence-electron chi connectivity index (χ0n) is 21.1. The van der Waals surface area contributed by atoms with Gasteiger partial charge in [0.15, 0.2) is 5.82 Å². The van der Waals surface area contributed by atoms with Crippen LogP contribution in [0, 0.1) is 19.7 Å². The van der Waals surface area contributed by atoms with Gasteiger partial charge in [0.05, 0.1) is 30.9 Å². The molecule has 0 radical (unpaired) electrons. The van der Waals surface area contributed by atoms with E-state index in [1.54, 1.807) is 23.1 Å². The molecule has 8 nitrogen and oxygen atoms in total. The highest BCUT2D eigenvalue weighted by Crippen LogP contribution is 2.27. The molecule has 1 atom stereocenters. The van der Waals surface area contributed by atoms with Crippen molar-refractivity contribution >= 4 is 10.9 Å². The van der Waals surface area contributed by atoms with Crippen molar-refractivity contribution in [3.05, 3.63) is 111 Å². The molecule has 3 aromatic heterocycles. The van der Waals surface area contributed by atoms with Crippen molar-refractivity contribution in [2.45, 2.75) is 52.9 Å². The summed E-state index contributed by atoms with van der Waals surface area (Å²) in [4.78, 5) is 18.4. The Hall–Kier alpha value is -4.11. The number of nitrogens with one attached hydrogen (secondary N) is 1. The molecule has 5 aromatic rings. The number of aromatic nitrogens is 5. The average molecular weight is 501 g/mol. The topological polar surface area (TPSA) is 92.8 Å². The molecular weight excluding hydrogens is 471 g/mol. The van der Waals surface area contributed by atoms with Gasteiger partial charge in [0, 0.05) is 12.1 Å². The number of pyridine rings is 1. The van der Waals surface area contributed by atoms with Crippen LogP contribution in [0.3, 0.4) is 0 Å². The predicted molar refractivity (Wildman–Crippen MR) is 138 cm³/mol. The van der Waals surface area contributed by atoms with Crippen LogP contribution in [0.4, 0.5) is 4.39 Å². The Morgan fingerprint density at radius 2 is 1.92 bits per heavy atom. The van der Waals surface area contributed by atoms with E-state index in [1.807, 2.05) is 25.1 Å². The second-order valence-corrected chi connectivity index (χ2v) is 9.40. The molecule has 1 N–H and O–H groups in total. The summed E-state index contributed by atoms with van der Waals surface area (Å²) in [5.74, 6) is 1.16. The van der Waals surface area contributed by atoms with Gasteiger partial charge in [0.1, 0.15) is 11.6 Å². The lowest BCUT2D eigenvalue weighted by atomic mass is 10.0. The van der Waals surface area contributed by atoms with Crippen LogP contribution < -0.4 is 5.56 Å². The first kappa shape index (κ1) is 24.6. The van der Waals surface area contributed by atoms with E-state index < -0.39 is 0 Å². The number of fused-ring (bicyclic) bond motifs is 1. The minimum Gasteiger partial charge on any atom is -0.468 e. The second kappa shape index (κ2) is 10.5. The van der Waals surface area contributed by atoms with Gasteiger partial charge in [-0.3, -0.25) is 9.69 Å². The van der Waals surface area contributed by atoms with E-state index in [1.165, 1.54) is 12.1 Å². The van der Waals surface area contributed by atoms with Gasteiger partial charge in [-0.15, -0.1) is 5.10 Å². The summed E-state index contributed by atoms with van der Waals surface area (Å²) in [5, 5.41) is 13.5. The normalized spacial score (nSPS) is 12.5. The van der Waals surface area contributed by atoms with E-state index >= 15 is 0 Å². The van der Waals surface area contributed by atoms with Crippen molar-refractivity contribution in [2.75, 3.05) is 0 Å². The summed E-state index contributed by atoms with van der Waals surface area (Å²) in [6, 6.07) is 16.0. The number of H-pyrrole nitrogens is 1. The number of tetrazole rings is 1. The van der Waals surface area contributed by atoms with Crippen molar-refractivity contribution in [1.82, 2.24) is 30.1 Å². The Balaban J connectivity index is 1.51. The lowest BCUT2D eigenvalue weighted by molar-refractivity contribution is 0.149. The standard InChI is InChI=1S/C28H29FN6O2/c1-4-25(27-31-32-33-35(27)15-20-7-9-23(29)10-8-20)34(17-24-6-5-11-37-24)16-22-14-21-13-18(2)12-19(3)26(21)30-28(22)36/h5-14,25H,4,15-17H2,1-3H3,(H,30,36). The van der Waals surface area contributed by atoms with Crippen LogP contribution in [0.15, 0.2) is 70.1 Å². The molecule has 3 heterocycles. The Labute approximate surface area is 213 Å². The molecule has 0 aliphatic carbocycles. The lowest BCUT2D eigenvalue weighted by Crippen LogP contribution is -2.32. The molecule has 190 valence electrons. The molecule has 0 amide bonds. The molecule has 0 aliphatic rings. The molecule has 0 fully saturated rings. The quantitative estimate of drug-likeness (QED) is 0.304. The fourth-order valence-corrected chi connectivity index (χ4v) is 4.88. The highest BCUT2D eigenvalue weighted by Gasteiger charge is 2.27. The number of aryl methyl sites for hydroxylation is 2. The molecule has 9 heteroatoms. The van der Waals surface area contributed by atoms with Crippen LogP contribution in [-0.4, -0.2) is 30.1 Å². The number of halogens is 1. The first-order valence-electron chi connectivity index (χ1n) is 12.3.